The Morgan fingerprint density at radius 2 is 2.07 bits per heavy atom. The fraction of sp³-hybridized carbons (Fsp3) is 0.571. The van der Waals surface area contributed by atoms with Crippen LogP contribution in [-0.4, -0.2) is 37.0 Å². The van der Waals surface area contributed by atoms with Gasteiger partial charge in [0.05, 0.1) is 5.88 Å². The van der Waals surface area contributed by atoms with Crippen molar-refractivity contribution in [3.05, 3.63) is 11.3 Å². The normalized spacial score (nSPS) is 12.4. The van der Waals surface area contributed by atoms with Crippen molar-refractivity contribution in [2.24, 2.45) is 0 Å². The van der Waals surface area contributed by atoms with Crippen molar-refractivity contribution in [2.75, 3.05) is 14.1 Å². The summed E-state index contributed by atoms with van der Waals surface area (Å²) in [5.74, 6) is 0.130. The molecule has 80 valence electrons. The van der Waals surface area contributed by atoms with E-state index in [0.717, 1.165) is 4.31 Å². The Morgan fingerprint density at radius 1 is 1.50 bits per heavy atom. The number of aryl methyl sites for hydroxylation is 1. The first-order chi connectivity index (χ1) is 6.41. The smallest absolute Gasteiger partial charge is 0.262 e. The fourth-order valence-electron chi connectivity index (χ4n) is 0.974. The van der Waals surface area contributed by atoms with Crippen molar-refractivity contribution in [1.82, 2.24) is 14.5 Å². The first-order valence-electron chi connectivity index (χ1n) is 3.93. The molecule has 0 amide bonds. The summed E-state index contributed by atoms with van der Waals surface area (Å²) in [6, 6.07) is 0. The molecule has 0 aromatic carbocycles. The molecule has 0 aliphatic heterocycles. The second-order valence-corrected chi connectivity index (χ2v) is 5.39. The van der Waals surface area contributed by atoms with Crippen LogP contribution in [0, 0.1) is 6.92 Å². The molecule has 0 aliphatic rings. The number of halogens is 1. The zero-order chi connectivity index (χ0) is 10.9. The Balaban J connectivity index is 3.33. The second kappa shape index (κ2) is 3.88. The molecular weight excluding hydrogens is 226 g/mol. The number of alkyl halides is 1. The predicted molar refractivity (Wildman–Crippen MR) is 53.8 cm³/mol. The third kappa shape index (κ3) is 1.77. The lowest BCUT2D eigenvalue weighted by atomic mass is 10.3. The first-order valence-corrected chi connectivity index (χ1v) is 5.91. The van der Waals surface area contributed by atoms with Crippen LogP contribution >= 0.6 is 11.6 Å². The molecule has 0 saturated carbocycles. The maximum atomic E-state index is 11.7. The van der Waals surface area contributed by atoms with Crippen molar-refractivity contribution in [1.29, 1.82) is 0 Å². The summed E-state index contributed by atoms with van der Waals surface area (Å²) >= 11 is 5.65. The van der Waals surface area contributed by atoms with Gasteiger partial charge in [-0.25, -0.2) is 12.7 Å². The lowest BCUT2D eigenvalue weighted by Gasteiger charge is -2.09. The molecule has 0 spiro atoms. The summed E-state index contributed by atoms with van der Waals surface area (Å²) in [6.07, 6.45) is 0. The van der Waals surface area contributed by atoms with Crippen molar-refractivity contribution in [3.8, 4) is 0 Å². The molecule has 0 radical (unpaired) electrons. The van der Waals surface area contributed by atoms with Gasteiger partial charge in [0, 0.05) is 25.4 Å². The quantitative estimate of drug-likeness (QED) is 0.788. The highest BCUT2D eigenvalue weighted by atomic mass is 35.5. The second-order valence-electron chi connectivity index (χ2n) is 3.05. The third-order valence-corrected chi connectivity index (χ3v) is 3.95. The van der Waals surface area contributed by atoms with Crippen LogP contribution in [0.15, 0.2) is 5.03 Å². The topological polar surface area (TPSA) is 66.1 Å². The average molecular weight is 238 g/mol. The fourth-order valence-corrected chi connectivity index (χ4v) is 2.42. The molecule has 7 heteroatoms. The minimum atomic E-state index is -3.49. The van der Waals surface area contributed by atoms with Crippen molar-refractivity contribution < 1.29 is 8.42 Å². The predicted octanol–water partition coefficient (Wildman–Crippen LogP) is 0.707. The highest BCUT2D eigenvalue weighted by Gasteiger charge is 2.25. The number of rotatable bonds is 3. The lowest BCUT2D eigenvalue weighted by Crippen LogP contribution is -2.23. The Labute approximate surface area is 88.1 Å². The number of nitrogens with one attached hydrogen (secondary N) is 1. The molecule has 0 bridgehead atoms. The van der Waals surface area contributed by atoms with Crippen LogP contribution in [0.1, 0.15) is 11.3 Å². The van der Waals surface area contributed by atoms with E-state index in [4.69, 9.17) is 11.6 Å². The van der Waals surface area contributed by atoms with E-state index in [0.29, 0.717) is 11.3 Å². The Hall–Kier alpha value is -0.590. The Morgan fingerprint density at radius 3 is 2.50 bits per heavy atom. The van der Waals surface area contributed by atoms with E-state index in [9.17, 15) is 8.42 Å². The van der Waals surface area contributed by atoms with E-state index in [-0.39, 0.29) is 10.9 Å². The van der Waals surface area contributed by atoms with Crippen LogP contribution in [0.5, 0.6) is 0 Å². The van der Waals surface area contributed by atoms with Crippen LogP contribution in [-0.2, 0) is 15.9 Å². The van der Waals surface area contributed by atoms with Gasteiger partial charge in [0.1, 0.15) is 0 Å². The van der Waals surface area contributed by atoms with Gasteiger partial charge in [0.2, 0.25) is 0 Å². The minimum absolute atomic E-state index is 0.00926. The molecule has 1 rings (SSSR count). The van der Waals surface area contributed by atoms with Gasteiger partial charge in [-0.1, -0.05) is 0 Å². The highest BCUT2D eigenvalue weighted by Crippen LogP contribution is 2.20. The molecular formula is C7H12ClN3O2S. The van der Waals surface area contributed by atoms with Gasteiger partial charge < -0.3 is 0 Å². The molecule has 5 nitrogen and oxygen atoms in total. The summed E-state index contributed by atoms with van der Waals surface area (Å²) in [4.78, 5) is 0. The highest BCUT2D eigenvalue weighted by molar-refractivity contribution is 7.89. The first kappa shape index (κ1) is 11.5. The van der Waals surface area contributed by atoms with Gasteiger partial charge in [-0.3, -0.25) is 5.10 Å². The molecule has 0 aliphatic carbocycles. The van der Waals surface area contributed by atoms with Gasteiger partial charge >= 0.3 is 0 Å². The monoisotopic (exact) mass is 237 g/mol. The number of nitrogens with zero attached hydrogens (tertiary/aromatic N) is 2. The van der Waals surface area contributed by atoms with Crippen LogP contribution < -0.4 is 0 Å². The van der Waals surface area contributed by atoms with Crippen LogP contribution in [0.25, 0.3) is 0 Å². The van der Waals surface area contributed by atoms with Gasteiger partial charge in [-0.05, 0) is 6.92 Å². The molecule has 1 aromatic rings. The largest absolute Gasteiger partial charge is 0.281 e. The van der Waals surface area contributed by atoms with Gasteiger partial charge in [0.25, 0.3) is 10.0 Å². The van der Waals surface area contributed by atoms with Gasteiger partial charge in [0.15, 0.2) is 5.03 Å². The number of aromatic amines is 1. The lowest BCUT2D eigenvalue weighted by molar-refractivity contribution is 0.516. The SMILES string of the molecule is Cc1[nH]nc(S(=O)(=O)N(C)C)c1CCl. The van der Waals surface area contributed by atoms with Crippen LogP contribution in [0.4, 0.5) is 0 Å². The third-order valence-electron chi connectivity index (χ3n) is 1.89. The number of hydrogen-bond acceptors (Lipinski definition) is 3. The van der Waals surface area contributed by atoms with E-state index >= 15 is 0 Å². The van der Waals surface area contributed by atoms with Crippen LogP contribution in [0.2, 0.25) is 0 Å². The molecule has 0 unspecified atom stereocenters. The molecule has 0 saturated heterocycles. The van der Waals surface area contributed by atoms with E-state index in [2.05, 4.69) is 10.2 Å². The maximum Gasteiger partial charge on any atom is 0.262 e. The Kier molecular flexibility index (Phi) is 3.18. The zero-order valence-corrected chi connectivity index (χ0v) is 9.78. The molecule has 0 fully saturated rings. The molecule has 0 atom stereocenters. The van der Waals surface area contributed by atoms with Crippen molar-refractivity contribution in [3.63, 3.8) is 0 Å². The zero-order valence-electron chi connectivity index (χ0n) is 8.20. The molecule has 1 aromatic heterocycles. The summed E-state index contributed by atoms with van der Waals surface area (Å²) in [5, 5.41) is 6.36. The van der Waals surface area contributed by atoms with Crippen LogP contribution in [0.3, 0.4) is 0 Å². The number of sulfonamides is 1. The van der Waals surface area contributed by atoms with Gasteiger partial charge in [-0.2, -0.15) is 5.10 Å². The summed E-state index contributed by atoms with van der Waals surface area (Å²) in [5.41, 5.74) is 1.21. The Bertz CT molecular complexity index is 424. The van der Waals surface area contributed by atoms with Crippen molar-refractivity contribution >= 4 is 21.6 Å². The maximum absolute atomic E-state index is 11.7. The van der Waals surface area contributed by atoms with Gasteiger partial charge in [-0.15, -0.1) is 11.6 Å². The minimum Gasteiger partial charge on any atom is -0.281 e. The van der Waals surface area contributed by atoms with E-state index in [1.54, 1.807) is 6.92 Å². The van der Waals surface area contributed by atoms with Crippen molar-refractivity contribution in [2.45, 2.75) is 17.8 Å². The number of H-pyrrole nitrogens is 1. The van der Waals surface area contributed by atoms with E-state index < -0.39 is 10.0 Å². The number of hydrogen-bond donors (Lipinski definition) is 1. The molecule has 1 N–H and O–H groups in total. The standard InChI is InChI=1S/C7H12ClN3O2S/c1-5-6(4-8)7(10-9-5)14(12,13)11(2)3/h4H2,1-3H3,(H,9,10). The van der Waals surface area contributed by atoms with E-state index in [1.165, 1.54) is 14.1 Å². The summed E-state index contributed by atoms with van der Waals surface area (Å²) in [6.45, 7) is 1.74. The summed E-state index contributed by atoms with van der Waals surface area (Å²) in [7, 11) is -0.581. The molecule has 1 heterocycles. The number of aromatic nitrogens is 2. The summed E-state index contributed by atoms with van der Waals surface area (Å²) < 4.78 is 24.5. The average Bonchev–Trinajstić information content (AvgIpc) is 2.46. The van der Waals surface area contributed by atoms with E-state index in [1.807, 2.05) is 0 Å². The molecule has 14 heavy (non-hydrogen) atoms.